The molecule has 5 nitrogen and oxygen atoms in total. The van der Waals surface area contributed by atoms with E-state index in [1.807, 2.05) is 6.92 Å². The summed E-state index contributed by atoms with van der Waals surface area (Å²) in [6.45, 7) is 1.91. The van der Waals surface area contributed by atoms with Crippen molar-refractivity contribution >= 4 is 5.91 Å². The lowest BCUT2D eigenvalue weighted by molar-refractivity contribution is 0.0929. The summed E-state index contributed by atoms with van der Waals surface area (Å²) in [5, 5.41) is 2.73. The van der Waals surface area contributed by atoms with Gasteiger partial charge < -0.3 is 10.3 Å². The van der Waals surface area contributed by atoms with E-state index in [4.69, 9.17) is 0 Å². The smallest absolute Gasteiger partial charge is 0.254 e. The highest BCUT2D eigenvalue weighted by Crippen LogP contribution is 2.13. The summed E-state index contributed by atoms with van der Waals surface area (Å²) in [5.41, 5.74) is -0.0185. The number of H-pyrrole nitrogens is 1. The van der Waals surface area contributed by atoms with Crippen LogP contribution in [-0.4, -0.2) is 20.9 Å². The first-order valence-electron chi connectivity index (χ1n) is 5.62. The van der Waals surface area contributed by atoms with Crippen LogP contribution in [0, 0.1) is 5.82 Å². The van der Waals surface area contributed by atoms with Crippen LogP contribution in [-0.2, 0) is 0 Å². The van der Waals surface area contributed by atoms with E-state index in [2.05, 4.69) is 20.3 Å². The maximum Gasteiger partial charge on any atom is 0.254 e. The van der Waals surface area contributed by atoms with Gasteiger partial charge in [-0.2, -0.15) is 0 Å². The number of hydrogen-bond acceptors (Lipinski definition) is 3. The predicted octanol–water partition coefficient (Wildman–Crippen LogP) is 1.82. The number of rotatable bonds is 4. The van der Waals surface area contributed by atoms with Crippen molar-refractivity contribution in [3.8, 4) is 0 Å². The van der Waals surface area contributed by atoms with Gasteiger partial charge in [0.05, 0.1) is 17.8 Å². The van der Waals surface area contributed by atoms with Gasteiger partial charge in [-0.1, -0.05) is 6.92 Å². The number of pyridine rings is 1. The van der Waals surface area contributed by atoms with Crippen LogP contribution in [0.4, 0.5) is 4.39 Å². The fourth-order valence-corrected chi connectivity index (χ4v) is 1.63. The molecule has 1 unspecified atom stereocenters. The Hall–Kier alpha value is -2.24. The first-order chi connectivity index (χ1) is 8.72. The van der Waals surface area contributed by atoms with Gasteiger partial charge in [-0.05, 0) is 12.5 Å². The second kappa shape index (κ2) is 5.39. The fourth-order valence-electron chi connectivity index (χ4n) is 1.63. The molecule has 0 aromatic carbocycles. The summed E-state index contributed by atoms with van der Waals surface area (Å²) >= 11 is 0. The van der Waals surface area contributed by atoms with Gasteiger partial charge in [0.1, 0.15) is 5.82 Å². The van der Waals surface area contributed by atoms with E-state index in [9.17, 15) is 9.18 Å². The number of carbonyl (C=O) groups is 1. The monoisotopic (exact) mass is 248 g/mol. The van der Waals surface area contributed by atoms with Crippen LogP contribution in [0.3, 0.4) is 0 Å². The van der Waals surface area contributed by atoms with Crippen LogP contribution >= 0.6 is 0 Å². The molecular formula is C12H13FN4O. The molecule has 0 aliphatic heterocycles. The highest BCUT2D eigenvalue weighted by atomic mass is 19.1. The van der Waals surface area contributed by atoms with Gasteiger partial charge in [-0.3, -0.25) is 9.78 Å². The summed E-state index contributed by atoms with van der Waals surface area (Å²) in [4.78, 5) is 22.5. The fraction of sp³-hybridized carbons (Fsp3) is 0.250. The molecule has 6 heteroatoms. The van der Waals surface area contributed by atoms with Gasteiger partial charge in [0.25, 0.3) is 5.91 Å². The number of nitrogens with one attached hydrogen (secondary N) is 2. The summed E-state index contributed by atoms with van der Waals surface area (Å²) in [5.74, 6) is -0.456. The number of nitrogens with zero attached hydrogens (tertiary/aromatic N) is 2. The molecule has 1 atom stereocenters. The molecule has 0 aliphatic carbocycles. The molecule has 1 amide bonds. The van der Waals surface area contributed by atoms with Gasteiger partial charge in [-0.25, -0.2) is 9.37 Å². The topological polar surface area (TPSA) is 70.7 Å². The van der Waals surface area contributed by atoms with Crippen molar-refractivity contribution in [1.82, 2.24) is 20.3 Å². The van der Waals surface area contributed by atoms with Gasteiger partial charge >= 0.3 is 0 Å². The minimum atomic E-state index is -0.635. The number of aromatic nitrogens is 3. The van der Waals surface area contributed by atoms with Crippen molar-refractivity contribution in [2.24, 2.45) is 0 Å². The Labute approximate surface area is 103 Å². The van der Waals surface area contributed by atoms with Crippen LogP contribution in [0.15, 0.2) is 30.9 Å². The molecule has 0 saturated heterocycles. The lowest BCUT2D eigenvalue weighted by Crippen LogP contribution is -2.29. The van der Waals surface area contributed by atoms with Crippen LogP contribution in [0.25, 0.3) is 0 Å². The van der Waals surface area contributed by atoms with E-state index >= 15 is 0 Å². The van der Waals surface area contributed by atoms with Crippen molar-refractivity contribution in [3.63, 3.8) is 0 Å². The second-order valence-electron chi connectivity index (χ2n) is 3.76. The van der Waals surface area contributed by atoms with Crippen molar-refractivity contribution in [2.75, 3.05) is 0 Å². The Morgan fingerprint density at radius 1 is 1.56 bits per heavy atom. The molecule has 2 aromatic heterocycles. The lowest BCUT2D eigenvalue weighted by atomic mass is 10.2. The van der Waals surface area contributed by atoms with Crippen LogP contribution in [0.1, 0.15) is 35.6 Å². The first-order valence-corrected chi connectivity index (χ1v) is 5.62. The number of halogens is 1. The summed E-state index contributed by atoms with van der Waals surface area (Å²) in [7, 11) is 0. The number of imidazole rings is 1. The standard InChI is InChI=1S/C12H13FN4O/c1-2-10(11-15-5-6-16-11)17-12(18)8-3-4-14-7-9(8)13/h3-7,10H,2H2,1H3,(H,15,16)(H,17,18). The molecule has 18 heavy (non-hydrogen) atoms. The van der Waals surface area contributed by atoms with Gasteiger partial charge in [0, 0.05) is 18.6 Å². The third kappa shape index (κ3) is 2.53. The molecular weight excluding hydrogens is 235 g/mol. The van der Waals surface area contributed by atoms with E-state index in [0.717, 1.165) is 6.20 Å². The summed E-state index contributed by atoms with van der Waals surface area (Å²) in [6.07, 6.45) is 6.34. The van der Waals surface area contributed by atoms with E-state index in [0.29, 0.717) is 12.2 Å². The molecule has 0 spiro atoms. The molecule has 2 heterocycles. The van der Waals surface area contributed by atoms with E-state index in [1.165, 1.54) is 12.3 Å². The molecule has 0 radical (unpaired) electrons. The third-order valence-electron chi connectivity index (χ3n) is 2.58. The van der Waals surface area contributed by atoms with Crippen LogP contribution in [0.5, 0.6) is 0 Å². The average molecular weight is 248 g/mol. The highest BCUT2D eigenvalue weighted by Gasteiger charge is 2.18. The minimum Gasteiger partial charge on any atom is -0.347 e. The SMILES string of the molecule is CCC(NC(=O)c1ccncc1F)c1ncc[nH]1. The van der Waals surface area contributed by atoms with Crippen molar-refractivity contribution in [1.29, 1.82) is 0 Å². The zero-order valence-electron chi connectivity index (χ0n) is 9.85. The van der Waals surface area contributed by atoms with E-state index < -0.39 is 11.7 Å². The summed E-state index contributed by atoms with van der Waals surface area (Å²) in [6, 6.07) is 1.08. The molecule has 2 rings (SSSR count). The predicted molar refractivity (Wildman–Crippen MR) is 63.3 cm³/mol. The van der Waals surface area contributed by atoms with Gasteiger partial charge in [0.15, 0.2) is 5.82 Å². The zero-order chi connectivity index (χ0) is 13.0. The Balaban J connectivity index is 2.14. The normalized spacial score (nSPS) is 12.1. The third-order valence-corrected chi connectivity index (χ3v) is 2.58. The van der Waals surface area contributed by atoms with Crippen molar-refractivity contribution in [2.45, 2.75) is 19.4 Å². The second-order valence-corrected chi connectivity index (χ2v) is 3.76. The maximum atomic E-state index is 13.4. The van der Waals surface area contributed by atoms with Gasteiger partial charge in [0.2, 0.25) is 0 Å². The van der Waals surface area contributed by atoms with E-state index in [-0.39, 0.29) is 11.6 Å². The summed E-state index contributed by atoms with van der Waals surface area (Å²) < 4.78 is 13.4. The molecule has 0 aliphatic rings. The molecule has 0 saturated carbocycles. The molecule has 2 N–H and O–H groups in total. The number of aromatic amines is 1. The quantitative estimate of drug-likeness (QED) is 0.867. The Bertz CT molecular complexity index is 527. The number of hydrogen-bond donors (Lipinski definition) is 2. The maximum absolute atomic E-state index is 13.4. The highest BCUT2D eigenvalue weighted by molar-refractivity contribution is 5.94. The van der Waals surface area contributed by atoms with Crippen molar-refractivity contribution in [3.05, 3.63) is 48.1 Å². The molecule has 94 valence electrons. The Kier molecular flexibility index (Phi) is 3.66. The first kappa shape index (κ1) is 12.2. The Morgan fingerprint density at radius 3 is 3.00 bits per heavy atom. The minimum absolute atomic E-state index is 0.0185. The van der Waals surface area contributed by atoms with Gasteiger partial charge in [-0.15, -0.1) is 0 Å². The van der Waals surface area contributed by atoms with Crippen LogP contribution < -0.4 is 5.32 Å². The molecule has 2 aromatic rings. The zero-order valence-corrected chi connectivity index (χ0v) is 9.85. The molecule has 0 bridgehead atoms. The van der Waals surface area contributed by atoms with Crippen molar-refractivity contribution < 1.29 is 9.18 Å². The average Bonchev–Trinajstić information content (AvgIpc) is 2.90. The number of amides is 1. The largest absolute Gasteiger partial charge is 0.347 e. The lowest BCUT2D eigenvalue weighted by Gasteiger charge is -2.14. The molecule has 0 fully saturated rings. The van der Waals surface area contributed by atoms with Crippen LogP contribution in [0.2, 0.25) is 0 Å². The van der Waals surface area contributed by atoms with E-state index in [1.54, 1.807) is 12.4 Å². The number of carbonyl (C=O) groups excluding carboxylic acids is 1. The Morgan fingerprint density at radius 2 is 2.39 bits per heavy atom.